The molecule has 1 aliphatic rings. The van der Waals surface area contributed by atoms with E-state index in [-0.39, 0.29) is 10.7 Å². The van der Waals surface area contributed by atoms with E-state index in [9.17, 15) is 5.21 Å². The fraction of sp³-hybridized carbons (Fsp3) is 1.00. The van der Waals surface area contributed by atoms with E-state index in [0.29, 0.717) is 13.1 Å². The van der Waals surface area contributed by atoms with Crippen LogP contribution < -0.4 is 5.73 Å². The zero-order valence-electron chi connectivity index (χ0n) is 5.84. The Hall–Kier alpha value is -0.120. The standard InChI is InChI=1S/C6H14N2O/c1-8(9)4-2-6(7)3-5-8/h6H,2-5,7H2,1H3. The minimum absolute atomic E-state index is 0.0896. The van der Waals surface area contributed by atoms with Crippen LogP contribution >= 0.6 is 0 Å². The third-order valence-electron chi connectivity index (χ3n) is 1.95. The predicted octanol–water partition coefficient (Wildman–Crippen LogP) is 0.0519. The Labute approximate surface area is 55.6 Å². The van der Waals surface area contributed by atoms with E-state index >= 15 is 0 Å². The summed E-state index contributed by atoms with van der Waals surface area (Å²) in [5.74, 6) is 0. The lowest BCUT2D eigenvalue weighted by molar-refractivity contribution is -0.865. The molecular formula is C6H14N2O. The minimum Gasteiger partial charge on any atom is -0.633 e. The number of hydroxylamine groups is 3. The van der Waals surface area contributed by atoms with Crippen molar-refractivity contribution in [3.63, 3.8) is 0 Å². The van der Waals surface area contributed by atoms with Gasteiger partial charge in [0, 0.05) is 18.9 Å². The third kappa shape index (κ3) is 1.93. The normalized spacial score (nSPS) is 45.0. The highest BCUT2D eigenvalue weighted by Gasteiger charge is 2.19. The van der Waals surface area contributed by atoms with Gasteiger partial charge in [0.1, 0.15) is 0 Å². The maximum Gasteiger partial charge on any atom is 0.0796 e. The Balaban J connectivity index is 2.35. The second-order valence-corrected chi connectivity index (χ2v) is 3.08. The first-order valence-corrected chi connectivity index (χ1v) is 3.41. The van der Waals surface area contributed by atoms with Gasteiger partial charge in [0.2, 0.25) is 0 Å². The van der Waals surface area contributed by atoms with Crippen LogP contribution in [0.5, 0.6) is 0 Å². The average Bonchev–Trinajstić information content (AvgIpc) is 1.78. The van der Waals surface area contributed by atoms with Crippen LogP contribution in [0.3, 0.4) is 0 Å². The van der Waals surface area contributed by atoms with Crippen molar-refractivity contribution in [1.29, 1.82) is 0 Å². The molecule has 1 aliphatic heterocycles. The summed E-state index contributed by atoms with van der Waals surface area (Å²) in [5, 5.41) is 11.2. The smallest absolute Gasteiger partial charge is 0.0796 e. The average molecular weight is 130 g/mol. The van der Waals surface area contributed by atoms with Crippen molar-refractivity contribution in [1.82, 2.24) is 0 Å². The second-order valence-electron chi connectivity index (χ2n) is 3.08. The summed E-state index contributed by atoms with van der Waals surface area (Å²) < 4.78 is -0.0896. The maximum absolute atomic E-state index is 11.2. The molecule has 0 aliphatic carbocycles. The molecule has 3 heteroatoms. The van der Waals surface area contributed by atoms with Crippen LogP contribution in [0.1, 0.15) is 12.8 Å². The van der Waals surface area contributed by atoms with E-state index in [1.54, 1.807) is 7.05 Å². The summed E-state index contributed by atoms with van der Waals surface area (Å²) in [7, 11) is 1.71. The van der Waals surface area contributed by atoms with E-state index in [2.05, 4.69) is 0 Å². The Morgan fingerprint density at radius 2 is 1.89 bits per heavy atom. The summed E-state index contributed by atoms with van der Waals surface area (Å²) in [6.45, 7) is 1.39. The fourth-order valence-corrected chi connectivity index (χ4v) is 1.13. The molecule has 9 heavy (non-hydrogen) atoms. The van der Waals surface area contributed by atoms with Gasteiger partial charge in [-0.1, -0.05) is 0 Å². The van der Waals surface area contributed by atoms with Crippen LogP contribution in [0.4, 0.5) is 0 Å². The molecule has 0 bridgehead atoms. The van der Waals surface area contributed by atoms with E-state index < -0.39 is 0 Å². The summed E-state index contributed by atoms with van der Waals surface area (Å²) in [6.07, 6.45) is 1.78. The van der Waals surface area contributed by atoms with Crippen molar-refractivity contribution >= 4 is 0 Å². The van der Waals surface area contributed by atoms with Crippen molar-refractivity contribution in [2.45, 2.75) is 18.9 Å². The molecule has 1 rings (SSSR count). The number of piperidine rings is 1. The van der Waals surface area contributed by atoms with Crippen molar-refractivity contribution in [3.05, 3.63) is 5.21 Å². The van der Waals surface area contributed by atoms with Gasteiger partial charge in [-0.2, -0.15) is 0 Å². The van der Waals surface area contributed by atoms with Crippen LogP contribution in [0.15, 0.2) is 0 Å². The molecule has 54 valence electrons. The molecule has 0 amide bonds. The molecular weight excluding hydrogens is 116 g/mol. The zero-order valence-corrected chi connectivity index (χ0v) is 5.84. The van der Waals surface area contributed by atoms with Gasteiger partial charge < -0.3 is 15.6 Å². The van der Waals surface area contributed by atoms with Gasteiger partial charge >= 0.3 is 0 Å². The number of hydrogen-bond donors (Lipinski definition) is 1. The number of likely N-dealkylation sites (tertiary alicyclic amines) is 1. The van der Waals surface area contributed by atoms with Gasteiger partial charge in [-0.15, -0.1) is 0 Å². The molecule has 1 saturated heterocycles. The molecule has 2 N–H and O–H groups in total. The molecule has 0 atom stereocenters. The van der Waals surface area contributed by atoms with Crippen molar-refractivity contribution in [2.75, 3.05) is 20.1 Å². The number of quaternary nitrogens is 1. The lowest BCUT2D eigenvalue weighted by Gasteiger charge is -2.43. The first-order valence-electron chi connectivity index (χ1n) is 3.41. The van der Waals surface area contributed by atoms with Crippen molar-refractivity contribution in [2.24, 2.45) is 5.73 Å². The van der Waals surface area contributed by atoms with Gasteiger partial charge in [-0.25, -0.2) is 0 Å². The lowest BCUT2D eigenvalue weighted by atomic mass is 10.1. The summed E-state index contributed by atoms with van der Waals surface area (Å²) in [6, 6.07) is 0.283. The minimum atomic E-state index is -0.0896. The summed E-state index contributed by atoms with van der Waals surface area (Å²) in [5.41, 5.74) is 5.61. The molecule has 0 unspecified atom stereocenters. The van der Waals surface area contributed by atoms with Crippen LogP contribution in [0.2, 0.25) is 0 Å². The Morgan fingerprint density at radius 1 is 1.44 bits per heavy atom. The molecule has 0 saturated carbocycles. The molecule has 0 radical (unpaired) electrons. The van der Waals surface area contributed by atoms with Crippen molar-refractivity contribution < 1.29 is 4.65 Å². The Kier molecular flexibility index (Phi) is 1.75. The maximum atomic E-state index is 11.2. The first-order chi connectivity index (χ1) is 4.10. The van der Waals surface area contributed by atoms with Crippen LogP contribution in [0, 0.1) is 5.21 Å². The number of hydrogen-bond acceptors (Lipinski definition) is 2. The van der Waals surface area contributed by atoms with Crippen LogP contribution in [-0.4, -0.2) is 30.8 Å². The van der Waals surface area contributed by atoms with Crippen LogP contribution in [-0.2, 0) is 0 Å². The highest BCUT2D eigenvalue weighted by Crippen LogP contribution is 2.12. The van der Waals surface area contributed by atoms with Gasteiger partial charge in [0.25, 0.3) is 0 Å². The monoisotopic (exact) mass is 130 g/mol. The second kappa shape index (κ2) is 2.25. The van der Waals surface area contributed by atoms with Gasteiger partial charge in [-0.3, -0.25) is 0 Å². The van der Waals surface area contributed by atoms with Crippen molar-refractivity contribution in [3.8, 4) is 0 Å². The third-order valence-corrected chi connectivity index (χ3v) is 1.95. The summed E-state index contributed by atoms with van der Waals surface area (Å²) in [4.78, 5) is 0. The molecule has 0 aromatic rings. The van der Waals surface area contributed by atoms with Crippen LogP contribution in [0.25, 0.3) is 0 Å². The summed E-state index contributed by atoms with van der Waals surface area (Å²) >= 11 is 0. The zero-order chi connectivity index (χ0) is 6.91. The molecule has 0 aromatic carbocycles. The van der Waals surface area contributed by atoms with Gasteiger partial charge in [-0.05, 0) is 0 Å². The topological polar surface area (TPSA) is 49.1 Å². The van der Waals surface area contributed by atoms with Gasteiger partial charge in [0.05, 0.1) is 20.1 Å². The van der Waals surface area contributed by atoms with E-state index in [0.717, 1.165) is 12.8 Å². The molecule has 0 spiro atoms. The quantitative estimate of drug-likeness (QED) is 0.372. The Morgan fingerprint density at radius 3 is 2.22 bits per heavy atom. The first kappa shape index (κ1) is 6.99. The fourth-order valence-electron chi connectivity index (χ4n) is 1.13. The molecule has 1 fully saturated rings. The molecule has 1 heterocycles. The number of rotatable bonds is 0. The highest BCUT2D eigenvalue weighted by molar-refractivity contribution is 4.65. The molecule has 3 nitrogen and oxygen atoms in total. The van der Waals surface area contributed by atoms with E-state index in [1.165, 1.54) is 0 Å². The Bertz CT molecular complexity index is 93.2. The molecule has 0 aromatic heterocycles. The highest BCUT2D eigenvalue weighted by atomic mass is 16.5. The SMILES string of the molecule is C[N+]1([O-])CCC(N)CC1. The largest absolute Gasteiger partial charge is 0.633 e. The van der Waals surface area contributed by atoms with Gasteiger partial charge in [0.15, 0.2) is 0 Å². The predicted molar refractivity (Wildman–Crippen MR) is 36.5 cm³/mol. The van der Waals surface area contributed by atoms with E-state index in [4.69, 9.17) is 5.73 Å². The lowest BCUT2D eigenvalue weighted by Crippen LogP contribution is -2.48. The number of nitrogens with zero attached hydrogens (tertiary/aromatic N) is 1. The van der Waals surface area contributed by atoms with E-state index in [1.807, 2.05) is 0 Å². The number of nitrogens with two attached hydrogens (primary N) is 1.